The van der Waals surface area contributed by atoms with Gasteiger partial charge in [0.1, 0.15) is 5.76 Å². The van der Waals surface area contributed by atoms with Gasteiger partial charge in [-0.05, 0) is 61.4 Å². The van der Waals surface area contributed by atoms with Crippen molar-refractivity contribution in [3.63, 3.8) is 0 Å². The molecule has 2 nitrogen and oxygen atoms in total. The zero-order valence-electron chi connectivity index (χ0n) is 15.0. The van der Waals surface area contributed by atoms with Crippen LogP contribution in [0.5, 0.6) is 0 Å². The second-order valence-electron chi connectivity index (χ2n) is 7.51. The van der Waals surface area contributed by atoms with Crippen molar-refractivity contribution in [2.24, 2.45) is 17.3 Å². The first-order valence-corrected chi connectivity index (χ1v) is 9.66. The normalized spacial score (nSPS) is 29.4. The molecular formula is C22H29NO. The van der Waals surface area contributed by atoms with E-state index in [9.17, 15) is 0 Å². The van der Waals surface area contributed by atoms with Gasteiger partial charge in [-0.2, -0.15) is 0 Å². The number of nitrogens with zero attached hydrogens (tertiary/aromatic N) is 1. The minimum Gasteiger partial charge on any atom is -0.493 e. The number of benzene rings is 1. The number of allylic oxidation sites excluding steroid dienone is 3. The standard InChI is InChI=1S/C20H23NO.C2H6/c1-2-4-15(5-3-1)13-21-8-6-20(7-9-21)14-22-19-12-17-10-16(17)11-18(19)20;1-2/h1-5,11-12,16-17H,6-10,13-14H2;1-2H3. The molecule has 2 aliphatic carbocycles. The highest BCUT2D eigenvalue weighted by molar-refractivity contribution is 5.43. The van der Waals surface area contributed by atoms with Crippen LogP contribution in [0.15, 0.2) is 53.8 Å². The van der Waals surface area contributed by atoms with E-state index in [2.05, 4.69) is 47.4 Å². The number of hydrogen-bond donors (Lipinski definition) is 0. The lowest BCUT2D eigenvalue weighted by atomic mass is 9.72. The van der Waals surface area contributed by atoms with Crippen molar-refractivity contribution in [2.45, 2.75) is 39.7 Å². The fraction of sp³-hybridized carbons (Fsp3) is 0.545. The molecule has 0 amide bonds. The largest absolute Gasteiger partial charge is 0.493 e. The fourth-order valence-corrected chi connectivity index (χ4v) is 4.45. The smallest absolute Gasteiger partial charge is 0.119 e. The number of rotatable bonds is 2. The maximum Gasteiger partial charge on any atom is 0.119 e. The van der Waals surface area contributed by atoms with Crippen LogP contribution >= 0.6 is 0 Å². The molecule has 2 heteroatoms. The summed E-state index contributed by atoms with van der Waals surface area (Å²) >= 11 is 0. The van der Waals surface area contributed by atoms with Crippen molar-refractivity contribution in [1.29, 1.82) is 0 Å². The van der Waals surface area contributed by atoms with Gasteiger partial charge < -0.3 is 4.74 Å². The third-order valence-corrected chi connectivity index (χ3v) is 6.04. The molecule has 1 spiro atoms. The summed E-state index contributed by atoms with van der Waals surface area (Å²) in [5.74, 6) is 2.86. The second kappa shape index (κ2) is 6.40. The molecular weight excluding hydrogens is 294 g/mol. The van der Waals surface area contributed by atoms with Gasteiger partial charge in [-0.15, -0.1) is 0 Å². The highest BCUT2D eigenvalue weighted by Gasteiger charge is 2.49. The molecule has 0 bridgehead atoms. The average Bonchev–Trinajstić information content (AvgIpc) is 3.34. The minimum absolute atomic E-state index is 0.326. The summed E-state index contributed by atoms with van der Waals surface area (Å²) in [4.78, 5) is 2.60. The number of likely N-dealkylation sites (tertiary alicyclic amines) is 1. The molecule has 5 rings (SSSR count). The Morgan fingerprint density at radius 2 is 1.75 bits per heavy atom. The maximum absolute atomic E-state index is 6.08. The van der Waals surface area contributed by atoms with Gasteiger partial charge in [-0.3, -0.25) is 4.90 Å². The SMILES string of the molecule is C1=C2OCC3(CCN(Cc4ccccc4)CC3)C2=CC2CC12.CC. The molecule has 3 fully saturated rings. The quantitative estimate of drug-likeness (QED) is 0.776. The third kappa shape index (κ3) is 2.82. The molecule has 128 valence electrons. The highest BCUT2D eigenvalue weighted by atomic mass is 16.5. The summed E-state index contributed by atoms with van der Waals surface area (Å²) < 4.78 is 6.08. The van der Waals surface area contributed by atoms with Crippen LogP contribution in [-0.4, -0.2) is 24.6 Å². The molecule has 2 aliphatic heterocycles. The van der Waals surface area contributed by atoms with Gasteiger partial charge in [0.05, 0.1) is 6.61 Å². The Kier molecular flexibility index (Phi) is 4.26. The van der Waals surface area contributed by atoms with Crippen molar-refractivity contribution in [1.82, 2.24) is 4.90 Å². The van der Waals surface area contributed by atoms with Gasteiger partial charge in [-0.25, -0.2) is 0 Å². The summed E-state index contributed by atoms with van der Waals surface area (Å²) in [5.41, 5.74) is 3.32. The molecule has 0 aromatic heterocycles. The summed E-state index contributed by atoms with van der Waals surface area (Å²) in [6.07, 6.45) is 8.82. The van der Waals surface area contributed by atoms with Crippen LogP contribution < -0.4 is 0 Å². The molecule has 1 aromatic carbocycles. The van der Waals surface area contributed by atoms with Crippen LogP contribution in [0.2, 0.25) is 0 Å². The molecule has 2 heterocycles. The van der Waals surface area contributed by atoms with Crippen LogP contribution in [-0.2, 0) is 11.3 Å². The van der Waals surface area contributed by atoms with Gasteiger partial charge >= 0.3 is 0 Å². The molecule has 2 unspecified atom stereocenters. The Morgan fingerprint density at radius 1 is 1.04 bits per heavy atom. The first-order chi connectivity index (χ1) is 11.8. The van der Waals surface area contributed by atoms with E-state index < -0.39 is 0 Å². The van der Waals surface area contributed by atoms with E-state index in [1.54, 1.807) is 5.57 Å². The van der Waals surface area contributed by atoms with E-state index in [0.29, 0.717) is 5.41 Å². The maximum atomic E-state index is 6.08. The van der Waals surface area contributed by atoms with E-state index in [1.807, 2.05) is 13.8 Å². The zero-order chi connectivity index (χ0) is 16.6. The van der Waals surface area contributed by atoms with Crippen molar-refractivity contribution in [3.05, 3.63) is 59.4 Å². The number of fused-ring (bicyclic) bond motifs is 3. The number of ether oxygens (including phenoxy) is 1. The Bertz CT molecular complexity index is 637. The van der Waals surface area contributed by atoms with Crippen LogP contribution in [0.3, 0.4) is 0 Å². The molecule has 2 saturated heterocycles. The predicted octanol–water partition coefficient (Wildman–Crippen LogP) is 4.79. The van der Waals surface area contributed by atoms with E-state index >= 15 is 0 Å². The Hall–Kier alpha value is -1.54. The van der Waals surface area contributed by atoms with E-state index in [0.717, 1.165) is 25.0 Å². The van der Waals surface area contributed by atoms with E-state index in [1.165, 1.54) is 43.7 Å². The van der Waals surface area contributed by atoms with Gasteiger partial charge in [0, 0.05) is 12.0 Å². The summed E-state index contributed by atoms with van der Waals surface area (Å²) in [6.45, 7) is 8.39. The zero-order valence-corrected chi connectivity index (χ0v) is 15.0. The van der Waals surface area contributed by atoms with Crippen LogP contribution in [0.4, 0.5) is 0 Å². The third-order valence-electron chi connectivity index (χ3n) is 6.04. The molecule has 2 atom stereocenters. The summed E-state index contributed by atoms with van der Waals surface area (Å²) in [5, 5.41) is 0. The van der Waals surface area contributed by atoms with Gasteiger partial charge in [0.2, 0.25) is 0 Å². The van der Waals surface area contributed by atoms with Crippen molar-refractivity contribution in [3.8, 4) is 0 Å². The van der Waals surface area contributed by atoms with Gasteiger partial charge in [-0.1, -0.05) is 50.3 Å². The van der Waals surface area contributed by atoms with E-state index in [4.69, 9.17) is 4.74 Å². The summed E-state index contributed by atoms with van der Waals surface area (Å²) in [6, 6.07) is 10.9. The lowest BCUT2D eigenvalue weighted by molar-refractivity contribution is 0.0950. The second-order valence-corrected chi connectivity index (χ2v) is 7.51. The summed E-state index contributed by atoms with van der Waals surface area (Å²) in [7, 11) is 0. The number of piperidine rings is 1. The first-order valence-electron chi connectivity index (χ1n) is 9.66. The van der Waals surface area contributed by atoms with Crippen LogP contribution in [0, 0.1) is 17.3 Å². The van der Waals surface area contributed by atoms with Gasteiger partial charge in [0.25, 0.3) is 0 Å². The molecule has 24 heavy (non-hydrogen) atoms. The lowest BCUT2D eigenvalue weighted by Crippen LogP contribution is -2.41. The van der Waals surface area contributed by atoms with Crippen LogP contribution in [0.1, 0.15) is 38.7 Å². The molecule has 1 saturated carbocycles. The lowest BCUT2D eigenvalue weighted by Gasteiger charge is -2.39. The van der Waals surface area contributed by atoms with Crippen molar-refractivity contribution < 1.29 is 4.74 Å². The predicted molar refractivity (Wildman–Crippen MR) is 98.4 cm³/mol. The fourth-order valence-electron chi connectivity index (χ4n) is 4.45. The molecule has 4 aliphatic rings. The van der Waals surface area contributed by atoms with Crippen molar-refractivity contribution >= 4 is 0 Å². The Balaban J connectivity index is 0.000000704. The van der Waals surface area contributed by atoms with Crippen molar-refractivity contribution in [2.75, 3.05) is 19.7 Å². The Labute approximate surface area is 146 Å². The molecule has 1 aromatic rings. The molecule has 0 N–H and O–H groups in total. The van der Waals surface area contributed by atoms with E-state index in [-0.39, 0.29) is 0 Å². The molecule has 0 radical (unpaired) electrons. The minimum atomic E-state index is 0.326. The first kappa shape index (κ1) is 16.0. The average molecular weight is 323 g/mol. The monoisotopic (exact) mass is 323 g/mol. The van der Waals surface area contributed by atoms with Crippen LogP contribution in [0.25, 0.3) is 0 Å². The number of hydrogen-bond acceptors (Lipinski definition) is 2. The van der Waals surface area contributed by atoms with Gasteiger partial charge in [0.15, 0.2) is 0 Å². The Morgan fingerprint density at radius 3 is 2.50 bits per heavy atom. The topological polar surface area (TPSA) is 12.5 Å². The highest BCUT2D eigenvalue weighted by Crippen LogP contribution is 2.56.